The second-order valence-corrected chi connectivity index (χ2v) is 4.82. The van der Waals surface area contributed by atoms with Crippen molar-refractivity contribution in [2.45, 2.75) is 26.3 Å². The number of hydrogen-bond donors (Lipinski definition) is 2. The second-order valence-electron chi connectivity index (χ2n) is 4.82. The summed E-state index contributed by atoms with van der Waals surface area (Å²) in [5.41, 5.74) is 5.69. The maximum atomic E-state index is 5.69. The van der Waals surface area contributed by atoms with Crippen LogP contribution in [-0.4, -0.2) is 60.8 Å². The third kappa shape index (κ3) is 4.09. The van der Waals surface area contributed by atoms with Crippen molar-refractivity contribution < 1.29 is 0 Å². The van der Waals surface area contributed by atoms with Crippen LogP contribution in [0.25, 0.3) is 5.95 Å². The molecule has 2 aromatic heterocycles. The maximum absolute atomic E-state index is 5.69. The number of rotatable bonds is 7. The van der Waals surface area contributed by atoms with Crippen LogP contribution in [0, 0.1) is 0 Å². The molecule has 2 heterocycles. The van der Waals surface area contributed by atoms with Crippen LogP contribution in [0.15, 0.2) is 12.7 Å². The molecule has 0 saturated heterocycles. The Morgan fingerprint density at radius 2 is 2.19 bits per heavy atom. The third-order valence-electron chi connectivity index (χ3n) is 3.36. The van der Waals surface area contributed by atoms with E-state index in [-0.39, 0.29) is 5.95 Å². The molecule has 9 heteroatoms. The van der Waals surface area contributed by atoms with Gasteiger partial charge in [0.2, 0.25) is 11.9 Å². The molecule has 0 saturated carbocycles. The molecule has 0 aromatic carbocycles. The number of nitrogens with one attached hydrogen (secondary N) is 1. The van der Waals surface area contributed by atoms with Gasteiger partial charge in [0.1, 0.15) is 12.7 Å². The van der Waals surface area contributed by atoms with Crippen molar-refractivity contribution in [3.63, 3.8) is 0 Å². The quantitative estimate of drug-likeness (QED) is 0.743. The van der Waals surface area contributed by atoms with Gasteiger partial charge in [-0.3, -0.25) is 0 Å². The lowest BCUT2D eigenvalue weighted by atomic mass is 10.2. The van der Waals surface area contributed by atoms with Crippen molar-refractivity contribution in [1.82, 2.24) is 34.6 Å². The molecule has 0 fully saturated rings. The number of nitrogen functional groups attached to an aromatic ring is 1. The van der Waals surface area contributed by atoms with Crippen LogP contribution in [0.1, 0.15) is 20.3 Å². The van der Waals surface area contributed by atoms with E-state index in [1.807, 2.05) is 0 Å². The molecular formula is C12H21N9. The Labute approximate surface area is 123 Å². The predicted octanol–water partition coefficient (Wildman–Crippen LogP) is 0.177. The molecule has 9 nitrogen and oxygen atoms in total. The lowest BCUT2D eigenvalue weighted by molar-refractivity contribution is 0.261. The highest BCUT2D eigenvalue weighted by atomic mass is 15.4. The fourth-order valence-electron chi connectivity index (χ4n) is 1.75. The number of hydrogen-bond acceptors (Lipinski definition) is 8. The summed E-state index contributed by atoms with van der Waals surface area (Å²) in [6.45, 7) is 5.98. The van der Waals surface area contributed by atoms with Crippen LogP contribution in [0.4, 0.5) is 11.9 Å². The average molecular weight is 291 g/mol. The first-order valence-corrected chi connectivity index (χ1v) is 6.90. The molecule has 114 valence electrons. The standard InChI is InChI=1S/C12H21N9/c1-4-9(2)20(3)6-5-15-11-17-10(13)18-12(19-11)21-8-14-7-16-21/h7-9H,4-6H2,1-3H3,(H3,13,15,17,18,19). The van der Waals surface area contributed by atoms with Gasteiger partial charge in [-0.2, -0.15) is 24.7 Å². The van der Waals surface area contributed by atoms with E-state index in [0.29, 0.717) is 17.9 Å². The van der Waals surface area contributed by atoms with Crippen molar-refractivity contribution in [1.29, 1.82) is 0 Å². The summed E-state index contributed by atoms with van der Waals surface area (Å²) in [4.78, 5) is 18.5. The lowest BCUT2D eigenvalue weighted by Gasteiger charge is -2.23. The zero-order valence-electron chi connectivity index (χ0n) is 12.6. The Bertz CT molecular complexity index is 554. The molecule has 0 radical (unpaired) electrons. The van der Waals surface area contributed by atoms with Crippen molar-refractivity contribution >= 4 is 11.9 Å². The van der Waals surface area contributed by atoms with Gasteiger partial charge < -0.3 is 16.0 Å². The zero-order chi connectivity index (χ0) is 15.2. The molecule has 1 unspecified atom stereocenters. The Morgan fingerprint density at radius 1 is 1.38 bits per heavy atom. The molecule has 1 atom stereocenters. The van der Waals surface area contributed by atoms with Crippen LogP contribution in [0.5, 0.6) is 0 Å². The molecule has 0 bridgehead atoms. The molecule has 0 aliphatic rings. The van der Waals surface area contributed by atoms with E-state index in [1.165, 1.54) is 17.3 Å². The Hall–Kier alpha value is -2.29. The van der Waals surface area contributed by atoms with E-state index in [4.69, 9.17) is 5.73 Å². The van der Waals surface area contributed by atoms with Crippen LogP contribution >= 0.6 is 0 Å². The third-order valence-corrected chi connectivity index (χ3v) is 3.36. The summed E-state index contributed by atoms with van der Waals surface area (Å²) in [6, 6.07) is 0.543. The minimum Gasteiger partial charge on any atom is -0.368 e. The summed E-state index contributed by atoms with van der Waals surface area (Å²) < 4.78 is 1.44. The summed E-state index contributed by atoms with van der Waals surface area (Å²) in [5, 5.41) is 7.12. The topological polar surface area (TPSA) is 111 Å². The van der Waals surface area contributed by atoms with Crippen molar-refractivity contribution in [2.75, 3.05) is 31.2 Å². The molecule has 0 aliphatic heterocycles. The fourth-order valence-corrected chi connectivity index (χ4v) is 1.75. The Kier molecular flexibility index (Phi) is 4.99. The van der Waals surface area contributed by atoms with Gasteiger partial charge in [-0.25, -0.2) is 4.98 Å². The van der Waals surface area contributed by atoms with Gasteiger partial charge in [-0.05, 0) is 20.4 Å². The lowest BCUT2D eigenvalue weighted by Crippen LogP contribution is -2.33. The van der Waals surface area contributed by atoms with E-state index < -0.39 is 0 Å². The highest BCUT2D eigenvalue weighted by Gasteiger charge is 2.08. The highest BCUT2D eigenvalue weighted by molar-refractivity contribution is 5.34. The molecule has 2 aromatic rings. The number of aromatic nitrogens is 6. The zero-order valence-corrected chi connectivity index (χ0v) is 12.6. The van der Waals surface area contributed by atoms with Crippen LogP contribution in [0.2, 0.25) is 0 Å². The van der Waals surface area contributed by atoms with Gasteiger partial charge in [0, 0.05) is 19.1 Å². The predicted molar refractivity (Wildman–Crippen MR) is 80.0 cm³/mol. The molecule has 3 N–H and O–H groups in total. The second kappa shape index (κ2) is 6.93. The normalized spacial score (nSPS) is 12.6. The van der Waals surface area contributed by atoms with Crippen LogP contribution in [0.3, 0.4) is 0 Å². The average Bonchev–Trinajstić information content (AvgIpc) is 3.00. The molecule has 0 amide bonds. The summed E-state index contributed by atoms with van der Waals surface area (Å²) in [6.07, 6.45) is 4.04. The van der Waals surface area contributed by atoms with E-state index in [9.17, 15) is 0 Å². The van der Waals surface area contributed by atoms with Crippen molar-refractivity contribution in [2.24, 2.45) is 0 Å². The van der Waals surface area contributed by atoms with E-state index in [0.717, 1.165) is 19.5 Å². The molecule has 2 rings (SSSR count). The van der Waals surface area contributed by atoms with E-state index in [1.54, 1.807) is 0 Å². The van der Waals surface area contributed by atoms with Crippen molar-refractivity contribution in [3.8, 4) is 5.95 Å². The molecule has 0 spiro atoms. The monoisotopic (exact) mass is 291 g/mol. The number of likely N-dealkylation sites (N-methyl/N-ethyl adjacent to an activating group) is 1. The number of nitrogens with two attached hydrogens (primary N) is 1. The molecule has 0 aliphatic carbocycles. The van der Waals surface area contributed by atoms with E-state index in [2.05, 4.69) is 56.1 Å². The van der Waals surface area contributed by atoms with Crippen LogP contribution < -0.4 is 11.1 Å². The molecular weight excluding hydrogens is 270 g/mol. The van der Waals surface area contributed by atoms with Gasteiger partial charge >= 0.3 is 0 Å². The highest BCUT2D eigenvalue weighted by Crippen LogP contribution is 2.06. The van der Waals surface area contributed by atoms with Gasteiger partial charge in [-0.1, -0.05) is 6.92 Å². The fraction of sp³-hybridized carbons (Fsp3) is 0.583. The Balaban J connectivity index is 1.98. The minimum atomic E-state index is 0.147. The Morgan fingerprint density at radius 3 is 2.86 bits per heavy atom. The molecule has 21 heavy (non-hydrogen) atoms. The first kappa shape index (κ1) is 15.1. The van der Waals surface area contributed by atoms with Crippen LogP contribution in [-0.2, 0) is 0 Å². The maximum Gasteiger partial charge on any atom is 0.258 e. The largest absolute Gasteiger partial charge is 0.368 e. The SMILES string of the molecule is CCC(C)N(C)CCNc1nc(N)nc(-n2cncn2)n1. The summed E-state index contributed by atoms with van der Waals surface area (Å²) in [5.74, 6) is 0.927. The summed E-state index contributed by atoms with van der Waals surface area (Å²) in [7, 11) is 2.10. The first-order chi connectivity index (χ1) is 10.1. The van der Waals surface area contributed by atoms with Gasteiger partial charge in [0.15, 0.2) is 0 Å². The summed E-state index contributed by atoms with van der Waals surface area (Å²) >= 11 is 0. The van der Waals surface area contributed by atoms with E-state index >= 15 is 0 Å². The first-order valence-electron chi connectivity index (χ1n) is 6.90. The van der Waals surface area contributed by atoms with Gasteiger partial charge in [-0.15, -0.1) is 0 Å². The number of nitrogens with zero attached hydrogens (tertiary/aromatic N) is 7. The number of anilines is 2. The smallest absolute Gasteiger partial charge is 0.258 e. The minimum absolute atomic E-state index is 0.147. The van der Waals surface area contributed by atoms with Gasteiger partial charge in [0.05, 0.1) is 0 Å². The van der Waals surface area contributed by atoms with Gasteiger partial charge in [0.25, 0.3) is 5.95 Å². The van der Waals surface area contributed by atoms with Crippen molar-refractivity contribution in [3.05, 3.63) is 12.7 Å².